The molecule has 2 aromatic carbocycles. The molecule has 0 aliphatic carbocycles. The van der Waals surface area contributed by atoms with Crippen molar-refractivity contribution in [1.29, 1.82) is 0 Å². The van der Waals surface area contributed by atoms with Gasteiger partial charge in [0.25, 0.3) is 0 Å². The fourth-order valence-electron chi connectivity index (χ4n) is 3.03. The van der Waals surface area contributed by atoms with E-state index >= 15 is 0 Å². The van der Waals surface area contributed by atoms with Crippen molar-refractivity contribution in [2.45, 2.75) is 23.9 Å². The zero-order valence-electron chi connectivity index (χ0n) is 17.2. The fraction of sp³-hybridized carbons (Fsp3) is 0.174. The molecule has 0 saturated carbocycles. The van der Waals surface area contributed by atoms with Crippen molar-refractivity contribution in [2.75, 3.05) is 7.11 Å². The van der Waals surface area contributed by atoms with Crippen molar-refractivity contribution in [3.05, 3.63) is 77.5 Å². The number of hydrogen-bond acceptors (Lipinski definition) is 6. The molecular formula is C23H18F3N3OS2. The van der Waals surface area contributed by atoms with Gasteiger partial charge >= 0.3 is 6.18 Å². The van der Waals surface area contributed by atoms with Gasteiger partial charge in [0.1, 0.15) is 21.5 Å². The van der Waals surface area contributed by atoms with Crippen LogP contribution in [-0.2, 0) is 11.9 Å². The second kappa shape index (κ2) is 9.30. The van der Waals surface area contributed by atoms with Crippen LogP contribution in [0.15, 0.2) is 65.7 Å². The minimum Gasteiger partial charge on any atom is -0.497 e. The van der Waals surface area contributed by atoms with Gasteiger partial charge in [-0.15, -0.1) is 21.5 Å². The highest BCUT2D eigenvalue weighted by molar-refractivity contribution is 7.98. The zero-order valence-corrected chi connectivity index (χ0v) is 18.8. The smallest absolute Gasteiger partial charge is 0.416 e. The lowest BCUT2D eigenvalue weighted by molar-refractivity contribution is -0.137. The van der Waals surface area contributed by atoms with Crippen molar-refractivity contribution in [1.82, 2.24) is 15.2 Å². The standard InChI is InChI=1S/C23H18F3N3OS2/c1-14-21(32-22(27-14)16-6-4-8-18(12-16)30-2)19-9-10-20(29-28-19)31-13-15-5-3-7-17(11-15)23(24,25)26/h3-12H,13H2,1-2H3. The molecule has 2 heterocycles. The largest absolute Gasteiger partial charge is 0.497 e. The molecule has 0 saturated heterocycles. The Morgan fingerprint density at radius 1 is 1.00 bits per heavy atom. The lowest BCUT2D eigenvalue weighted by Crippen LogP contribution is -2.04. The first-order valence-electron chi connectivity index (χ1n) is 9.58. The predicted molar refractivity (Wildman–Crippen MR) is 121 cm³/mol. The highest BCUT2D eigenvalue weighted by Crippen LogP contribution is 2.36. The Morgan fingerprint density at radius 3 is 2.53 bits per heavy atom. The monoisotopic (exact) mass is 473 g/mol. The topological polar surface area (TPSA) is 47.9 Å². The molecule has 4 aromatic rings. The first kappa shape index (κ1) is 22.3. The number of benzene rings is 2. The first-order valence-corrected chi connectivity index (χ1v) is 11.4. The van der Waals surface area contributed by atoms with Crippen LogP contribution in [0.1, 0.15) is 16.8 Å². The van der Waals surface area contributed by atoms with E-state index in [-0.39, 0.29) is 0 Å². The van der Waals surface area contributed by atoms with Gasteiger partial charge in [-0.05, 0) is 42.8 Å². The lowest BCUT2D eigenvalue weighted by Gasteiger charge is -2.08. The summed E-state index contributed by atoms with van der Waals surface area (Å²) in [5, 5.41) is 10.1. The molecule has 0 amide bonds. The fourth-order valence-corrected chi connectivity index (χ4v) is 4.81. The van der Waals surface area contributed by atoms with Crippen LogP contribution in [0.4, 0.5) is 13.2 Å². The molecule has 0 radical (unpaired) electrons. The maximum Gasteiger partial charge on any atom is 0.416 e. The number of nitrogens with zero attached hydrogens (tertiary/aromatic N) is 3. The summed E-state index contributed by atoms with van der Waals surface area (Å²) < 4.78 is 43.9. The van der Waals surface area contributed by atoms with Gasteiger partial charge in [-0.25, -0.2) is 4.98 Å². The summed E-state index contributed by atoms with van der Waals surface area (Å²) in [7, 11) is 1.62. The Bertz CT molecular complexity index is 1220. The van der Waals surface area contributed by atoms with Crippen LogP contribution >= 0.6 is 23.1 Å². The predicted octanol–water partition coefficient (Wildman–Crippen LogP) is 6.90. The normalized spacial score (nSPS) is 11.5. The first-order chi connectivity index (χ1) is 15.3. The molecule has 0 fully saturated rings. The third kappa shape index (κ3) is 5.11. The minimum absolute atomic E-state index is 0.373. The van der Waals surface area contributed by atoms with Crippen LogP contribution < -0.4 is 4.74 Å². The average molecular weight is 474 g/mol. The summed E-state index contributed by atoms with van der Waals surface area (Å²) in [5.74, 6) is 1.14. The quantitative estimate of drug-likeness (QED) is 0.285. The van der Waals surface area contributed by atoms with Crippen LogP contribution in [0, 0.1) is 6.92 Å². The second-order valence-electron chi connectivity index (χ2n) is 6.91. The van der Waals surface area contributed by atoms with E-state index in [0.717, 1.165) is 39.0 Å². The number of methoxy groups -OCH3 is 1. The zero-order chi connectivity index (χ0) is 22.7. The molecular weight excluding hydrogens is 455 g/mol. The maximum atomic E-state index is 12.9. The van der Waals surface area contributed by atoms with Crippen molar-refractivity contribution < 1.29 is 17.9 Å². The Hall–Kier alpha value is -2.91. The van der Waals surface area contributed by atoms with Crippen LogP contribution in [0.5, 0.6) is 5.75 Å². The summed E-state index contributed by atoms with van der Waals surface area (Å²) in [4.78, 5) is 5.58. The number of thioether (sulfide) groups is 1. The molecule has 32 heavy (non-hydrogen) atoms. The van der Waals surface area contributed by atoms with Crippen LogP contribution in [-0.4, -0.2) is 22.3 Å². The van der Waals surface area contributed by atoms with E-state index in [1.807, 2.05) is 43.3 Å². The van der Waals surface area contributed by atoms with Gasteiger partial charge in [0, 0.05) is 11.3 Å². The Morgan fingerprint density at radius 2 is 1.81 bits per heavy atom. The van der Waals surface area contributed by atoms with E-state index in [9.17, 15) is 13.2 Å². The number of aryl methyl sites for hydroxylation is 1. The van der Waals surface area contributed by atoms with E-state index in [1.165, 1.54) is 29.2 Å². The summed E-state index contributed by atoms with van der Waals surface area (Å²) in [6.45, 7) is 1.92. The molecule has 0 bridgehead atoms. The number of thiazole rings is 1. The molecule has 0 aliphatic heterocycles. The van der Waals surface area contributed by atoms with Gasteiger partial charge in [-0.3, -0.25) is 0 Å². The number of aromatic nitrogens is 3. The van der Waals surface area contributed by atoms with E-state index in [0.29, 0.717) is 22.0 Å². The third-order valence-electron chi connectivity index (χ3n) is 4.63. The maximum absolute atomic E-state index is 12.9. The highest BCUT2D eigenvalue weighted by atomic mass is 32.2. The van der Waals surface area contributed by atoms with E-state index in [2.05, 4.69) is 15.2 Å². The average Bonchev–Trinajstić information content (AvgIpc) is 3.19. The summed E-state index contributed by atoms with van der Waals surface area (Å²) in [6, 6.07) is 16.7. The molecule has 164 valence electrons. The van der Waals surface area contributed by atoms with Gasteiger partial charge in [0.15, 0.2) is 0 Å². The van der Waals surface area contributed by atoms with Crippen LogP contribution in [0.25, 0.3) is 21.1 Å². The van der Waals surface area contributed by atoms with Crippen LogP contribution in [0.3, 0.4) is 0 Å². The highest BCUT2D eigenvalue weighted by Gasteiger charge is 2.30. The van der Waals surface area contributed by atoms with Crippen molar-refractivity contribution in [2.24, 2.45) is 0 Å². The Balaban J connectivity index is 1.48. The minimum atomic E-state index is -4.35. The van der Waals surface area contributed by atoms with Gasteiger partial charge in [0.05, 0.1) is 23.2 Å². The Labute approximate surface area is 191 Å². The number of hydrogen-bond donors (Lipinski definition) is 0. The summed E-state index contributed by atoms with van der Waals surface area (Å²) >= 11 is 2.86. The van der Waals surface area contributed by atoms with Gasteiger partial charge < -0.3 is 4.74 Å². The Kier molecular flexibility index (Phi) is 6.48. The molecule has 9 heteroatoms. The van der Waals surface area contributed by atoms with Gasteiger partial charge in [-0.2, -0.15) is 13.2 Å². The number of alkyl halides is 3. The molecule has 4 nitrogen and oxygen atoms in total. The molecule has 0 aliphatic rings. The van der Waals surface area contributed by atoms with Crippen molar-refractivity contribution in [3.63, 3.8) is 0 Å². The molecule has 2 aromatic heterocycles. The van der Waals surface area contributed by atoms with Gasteiger partial charge in [0.2, 0.25) is 0 Å². The SMILES string of the molecule is COc1cccc(-c2nc(C)c(-c3ccc(SCc4cccc(C(F)(F)F)c4)nn3)s2)c1. The van der Waals surface area contributed by atoms with Gasteiger partial charge in [-0.1, -0.05) is 42.1 Å². The molecule has 0 spiro atoms. The molecule has 0 unspecified atom stereocenters. The van der Waals surface area contributed by atoms with Crippen LogP contribution in [0.2, 0.25) is 0 Å². The molecule has 0 N–H and O–H groups in total. The summed E-state index contributed by atoms with van der Waals surface area (Å²) in [5.41, 5.74) is 2.45. The van der Waals surface area contributed by atoms with Crippen molar-refractivity contribution in [3.8, 4) is 26.9 Å². The number of halogens is 3. The number of ether oxygens (including phenoxy) is 1. The number of rotatable bonds is 6. The van der Waals surface area contributed by atoms with E-state index < -0.39 is 11.7 Å². The third-order valence-corrected chi connectivity index (χ3v) is 6.85. The molecule has 0 atom stereocenters. The second-order valence-corrected chi connectivity index (χ2v) is 8.90. The van der Waals surface area contributed by atoms with Crippen molar-refractivity contribution >= 4 is 23.1 Å². The van der Waals surface area contributed by atoms with E-state index in [1.54, 1.807) is 13.2 Å². The van der Waals surface area contributed by atoms with E-state index in [4.69, 9.17) is 4.74 Å². The lowest BCUT2D eigenvalue weighted by atomic mass is 10.1. The summed E-state index contributed by atoms with van der Waals surface area (Å²) in [6.07, 6.45) is -4.35. The molecule has 4 rings (SSSR count).